The number of ether oxygens (including phenoxy) is 1. The Labute approximate surface area is 198 Å². The highest BCUT2D eigenvalue weighted by molar-refractivity contribution is 7.99. The monoisotopic (exact) mass is 484 g/mol. The second-order valence-electron chi connectivity index (χ2n) is 7.22. The maximum absolute atomic E-state index is 11.5. The van der Waals surface area contributed by atoms with Crippen molar-refractivity contribution in [2.24, 2.45) is 0 Å². The SMILES string of the molecule is Cc1cc(OCC(=O)O)ccc1SC/C=C(/c1ccccc1)c1cccc(OS(C)(=O)=O)c1. The first-order valence-electron chi connectivity index (χ1n) is 10.0. The van der Waals surface area contributed by atoms with Gasteiger partial charge in [-0.15, -0.1) is 11.8 Å². The molecule has 0 heterocycles. The minimum absolute atomic E-state index is 0.261. The van der Waals surface area contributed by atoms with E-state index in [2.05, 4.69) is 6.08 Å². The quantitative estimate of drug-likeness (QED) is 0.319. The van der Waals surface area contributed by atoms with Crippen LogP contribution in [0.2, 0.25) is 0 Å². The normalized spacial score (nSPS) is 11.8. The summed E-state index contributed by atoms with van der Waals surface area (Å²) in [6.07, 6.45) is 3.11. The number of carbonyl (C=O) groups is 1. The lowest BCUT2D eigenvalue weighted by molar-refractivity contribution is -0.139. The Bertz CT molecular complexity index is 1250. The average Bonchev–Trinajstić information content (AvgIpc) is 2.76. The van der Waals surface area contributed by atoms with Crippen molar-refractivity contribution in [3.8, 4) is 11.5 Å². The molecule has 1 N–H and O–H groups in total. The first-order chi connectivity index (χ1) is 15.7. The molecule has 0 aliphatic carbocycles. The van der Waals surface area contributed by atoms with E-state index in [9.17, 15) is 13.2 Å². The molecule has 0 saturated heterocycles. The molecule has 0 aliphatic rings. The molecule has 3 rings (SSSR count). The van der Waals surface area contributed by atoms with Gasteiger partial charge in [0.05, 0.1) is 6.26 Å². The van der Waals surface area contributed by atoms with E-state index >= 15 is 0 Å². The van der Waals surface area contributed by atoms with Gasteiger partial charge >= 0.3 is 16.1 Å². The van der Waals surface area contributed by atoms with Crippen molar-refractivity contribution in [3.05, 3.63) is 95.6 Å². The van der Waals surface area contributed by atoms with Gasteiger partial charge in [-0.3, -0.25) is 0 Å². The number of thioether (sulfide) groups is 1. The predicted octanol–water partition coefficient (Wildman–Crippen LogP) is 5.02. The van der Waals surface area contributed by atoms with Gasteiger partial charge < -0.3 is 14.0 Å². The molecule has 0 atom stereocenters. The average molecular weight is 485 g/mol. The Kier molecular flexibility index (Phi) is 8.19. The lowest BCUT2D eigenvalue weighted by Crippen LogP contribution is -2.09. The number of rotatable bonds is 10. The van der Waals surface area contributed by atoms with Crippen LogP contribution in [0.5, 0.6) is 11.5 Å². The van der Waals surface area contributed by atoms with Crippen LogP contribution in [-0.2, 0) is 14.9 Å². The highest BCUT2D eigenvalue weighted by Gasteiger charge is 2.10. The maximum atomic E-state index is 11.5. The number of carboxylic acids is 1. The molecule has 172 valence electrons. The zero-order valence-electron chi connectivity index (χ0n) is 18.2. The summed E-state index contributed by atoms with van der Waals surface area (Å²) in [5.41, 5.74) is 3.79. The molecule has 3 aromatic carbocycles. The summed E-state index contributed by atoms with van der Waals surface area (Å²) in [5.74, 6) is 0.424. The van der Waals surface area contributed by atoms with Crippen molar-refractivity contribution in [3.63, 3.8) is 0 Å². The molecule has 8 heteroatoms. The van der Waals surface area contributed by atoms with Gasteiger partial charge in [0.1, 0.15) is 11.5 Å². The van der Waals surface area contributed by atoms with E-state index in [1.165, 1.54) is 0 Å². The van der Waals surface area contributed by atoms with E-state index < -0.39 is 16.1 Å². The van der Waals surface area contributed by atoms with Gasteiger partial charge in [-0.05, 0) is 59.5 Å². The van der Waals surface area contributed by atoms with Crippen LogP contribution >= 0.6 is 11.8 Å². The van der Waals surface area contributed by atoms with Crippen molar-refractivity contribution in [1.82, 2.24) is 0 Å². The van der Waals surface area contributed by atoms with Gasteiger partial charge in [-0.2, -0.15) is 8.42 Å². The highest BCUT2D eigenvalue weighted by Crippen LogP contribution is 2.30. The van der Waals surface area contributed by atoms with E-state index in [1.807, 2.05) is 55.5 Å². The summed E-state index contributed by atoms with van der Waals surface area (Å²) in [4.78, 5) is 11.7. The Morgan fingerprint density at radius 3 is 2.36 bits per heavy atom. The molecule has 0 fully saturated rings. The van der Waals surface area contributed by atoms with Gasteiger partial charge in [0.2, 0.25) is 0 Å². The van der Waals surface area contributed by atoms with Crippen LogP contribution < -0.4 is 8.92 Å². The fourth-order valence-corrected chi connectivity index (χ4v) is 4.48. The molecule has 0 radical (unpaired) electrons. The predicted molar refractivity (Wildman–Crippen MR) is 130 cm³/mol. The molecule has 6 nitrogen and oxygen atoms in total. The van der Waals surface area contributed by atoms with Gasteiger partial charge in [-0.1, -0.05) is 48.5 Å². The molecule has 33 heavy (non-hydrogen) atoms. The summed E-state index contributed by atoms with van der Waals surface area (Å²) in [7, 11) is -3.62. The zero-order chi connectivity index (χ0) is 23.8. The smallest absolute Gasteiger partial charge is 0.341 e. The molecule has 3 aromatic rings. The van der Waals surface area contributed by atoms with Crippen LogP contribution in [-0.4, -0.2) is 38.1 Å². The number of hydrogen-bond acceptors (Lipinski definition) is 6. The number of aliphatic carboxylic acids is 1. The van der Waals surface area contributed by atoms with E-state index in [4.69, 9.17) is 14.0 Å². The minimum Gasteiger partial charge on any atom is -0.482 e. The van der Waals surface area contributed by atoms with Crippen molar-refractivity contribution in [1.29, 1.82) is 0 Å². The molecule has 0 saturated carbocycles. The standard InChI is InChI=1S/C25H24O6S2/c1-18-15-21(30-17-25(26)27)11-12-24(18)32-14-13-23(19-7-4-3-5-8-19)20-9-6-10-22(16-20)31-33(2,28)29/h3-13,15-16H,14,17H2,1-2H3,(H,26,27)/b23-13-. The third-order valence-electron chi connectivity index (χ3n) is 4.51. The fourth-order valence-electron chi connectivity index (χ4n) is 3.14. The Balaban J connectivity index is 1.83. The second kappa shape index (κ2) is 11.1. The van der Waals surface area contributed by atoms with Gasteiger partial charge in [-0.25, -0.2) is 4.79 Å². The molecule has 0 bridgehead atoms. The molecule has 0 amide bonds. The molecular weight excluding hydrogens is 460 g/mol. The topological polar surface area (TPSA) is 89.9 Å². The fraction of sp³-hybridized carbons (Fsp3) is 0.160. The first-order valence-corrected chi connectivity index (χ1v) is 12.8. The molecule has 0 spiro atoms. The summed E-state index contributed by atoms with van der Waals surface area (Å²) in [6.45, 7) is 1.57. The first kappa shape index (κ1) is 24.4. The van der Waals surface area contributed by atoms with Crippen molar-refractivity contribution in [2.45, 2.75) is 11.8 Å². The van der Waals surface area contributed by atoms with Crippen LogP contribution in [0.1, 0.15) is 16.7 Å². The van der Waals surface area contributed by atoms with Crippen LogP contribution in [0.4, 0.5) is 0 Å². The van der Waals surface area contributed by atoms with E-state index in [1.54, 1.807) is 36.0 Å². The number of hydrogen-bond donors (Lipinski definition) is 1. The second-order valence-corrected chi connectivity index (χ2v) is 9.86. The molecule has 0 aromatic heterocycles. The lowest BCUT2D eigenvalue weighted by Gasteiger charge is -2.12. The summed E-state index contributed by atoms with van der Waals surface area (Å²) in [5, 5.41) is 8.75. The summed E-state index contributed by atoms with van der Waals surface area (Å²) < 4.78 is 33.4. The number of carboxylic acid groups (broad SMARTS) is 1. The molecular formula is C25H24O6S2. The third-order valence-corrected chi connectivity index (χ3v) is 6.11. The van der Waals surface area contributed by atoms with E-state index in [-0.39, 0.29) is 12.4 Å². The van der Waals surface area contributed by atoms with E-state index in [0.717, 1.165) is 33.4 Å². The van der Waals surface area contributed by atoms with Crippen LogP contribution in [0.15, 0.2) is 83.8 Å². The van der Waals surface area contributed by atoms with Crippen LogP contribution in [0.3, 0.4) is 0 Å². The number of benzene rings is 3. The third kappa shape index (κ3) is 7.69. The summed E-state index contributed by atoms with van der Waals surface area (Å²) >= 11 is 1.64. The van der Waals surface area contributed by atoms with Crippen molar-refractivity contribution >= 4 is 33.4 Å². The molecule has 0 aliphatic heterocycles. The summed E-state index contributed by atoms with van der Waals surface area (Å²) in [6, 6.07) is 22.3. The Hall–Kier alpha value is -3.23. The highest BCUT2D eigenvalue weighted by atomic mass is 32.2. The number of aryl methyl sites for hydroxylation is 1. The van der Waals surface area contributed by atoms with E-state index in [0.29, 0.717) is 11.5 Å². The Morgan fingerprint density at radius 2 is 1.70 bits per heavy atom. The zero-order valence-corrected chi connectivity index (χ0v) is 19.9. The van der Waals surface area contributed by atoms with Gasteiger partial charge in [0, 0.05) is 10.6 Å². The maximum Gasteiger partial charge on any atom is 0.341 e. The minimum atomic E-state index is -3.62. The largest absolute Gasteiger partial charge is 0.482 e. The van der Waals surface area contributed by atoms with Crippen molar-refractivity contribution in [2.75, 3.05) is 18.6 Å². The van der Waals surface area contributed by atoms with Gasteiger partial charge in [0.15, 0.2) is 6.61 Å². The molecule has 0 unspecified atom stereocenters. The Morgan fingerprint density at radius 1 is 0.970 bits per heavy atom. The van der Waals surface area contributed by atoms with Crippen LogP contribution in [0, 0.1) is 6.92 Å². The van der Waals surface area contributed by atoms with Gasteiger partial charge in [0.25, 0.3) is 0 Å². The van der Waals surface area contributed by atoms with Crippen molar-refractivity contribution < 1.29 is 27.2 Å². The lowest BCUT2D eigenvalue weighted by atomic mass is 9.98. The van der Waals surface area contributed by atoms with Crippen LogP contribution in [0.25, 0.3) is 5.57 Å².